The third-order valence-corrected chi connectivity index (χ3v) is 2.01. The van der Waals surface area contributed by atoms with E-state index in [9.17, 15) is 0 Å². The molecule has 0 aromatic heterocycles. The van der Waals surface area contributed by atoms with Gasteiger partial charge in [-0.2, -0.15) is 0 Å². The molecule has 0 aliphatic carbocycles. The van der Waals surface area contributed by atoms with Gasteiger partial charge < -0.3 is 15.8 Å². The van der Waals surface area contributed by atoms with Crippen molar-refractivity contribution in [3.63, 3.8) is 0 Å². The fourth-order valence-electron chi connectivity index (χ4n) is 1.36. The molecule has 15 heavy (non-hydrogen) atoms. The highest BCUT2D eigenvalue weighted by molar-refractivity contribution is 7.80. The Labute approximate surface area is 95.6 Å². The molecule has 3 N–H and O–H groups in total. The van der Waals surface area contributed by atoms with Crippen LogP contribution in [0.5, 0.6) is 5.75 Å². The molecule has 0 fully saturated rings. The summed E-state index contributed by atoms with van der Waals surface area (Å²) in [5.74, 6) is 0.886. The first-order chi connectivity index (χ1) is 7.08. The Morgan fingerprint density at radius 1 is 1.33 bits per heavy atom. The molecule has 0 saturated heterocycles. The first-order valence-electron chi connectivity index (χ1n) is 4.82. The average Bonchev–Trinajstić information content (AvgIpc) is 2.10. The second kappa shape index (κ2) is 5.56. The Bertz CT molecular complexity index is 332. The molecule has 0 radical (unpaired) electrons. The van der Waals surface area contributed by atoms with Gasteiger partial charge in [0.25, 0.3) is 0 Å². The van der Waals surface area contributed by atoms with Crippen molar-refractivity contribution in [2.45, 2.75) is 13.8 Å². The van der Waals surface area contributed by atoms with E-state index in [0.717, 1.165) is 5.75 Å². The molecule has 1 aromatic carbocycles. The standard InChI is InChI=1S/C11H16N2OS/c1-8-5-9(2)7-10(6-8)14-4-3-13-11(12)15/h5-7H,3-4H2,1-2H3,(H3,12,13,15). The predicted molar refractivity (Wildman–Crippen MR) is 66.2 cm³/mol. The zero-order valence-electron chi connectivity index (χ0n) is 9.04. The molecule has 0 bridgehead atoms. The van der Waals surface area contributed by atoms with Gasteiger partial charge in [-0.15, -0.1) is 0 Å². The fraction of sp³-hybridized carbons (Fsp3) is 0.364. The van der Waals surface area contributed by atoms with Gasteiger partial charge in [0.05, 0.1) is 6.54 Å². The van der Waals surface area contributed by atoms with Crippen LogP contribution in [0.4, 0.5) is 0 Å². The maximum absolute atomic E-state index is 5.54. The van der Waals surface area contributed by atoms with Crippen LogP contribution < -0.4 is 15.8 Å². The Morgan fingerprint density at radius 3 is 2.47 bits per heavy atom. The Morgan fingerprint density at radius 2 is 1.93 bits per heavy atom. The van der Waals surface area contributed by atoms with Crippen LogP contribution in [0, 0.1) is 13.8 Å². The van der Waals surface area contributed by atoms with Gasteiger partial charge in [0, 0.05) is 0 Å². The van der Waals surface area contributed by atoms with Crippen molar-refractivity contribution in [2.75, 3.05) is 13.2 Å². The smallest absolute Gasteiger partial charge is 0.163 e. The van der Waals surface area contributed by atoms with Crippen molar-refractivity contribution in [3.05, 3.63) is 29.3 Å². The largest absolute Gasteiger partial charge is 0.492 e. The van der Waals surface area contributed by atoms with Crippen LogP contribution >= 0.6 is 12.2 Å². The molecule has 3 nitrogen and oxygen atoms in total. The van der Waals surface area contributed by atoms with Gasteiger partial charge >= 0.3 is 0 Å². The van der Waals surface area contributed by atoms with E-state index >= 15 is 0 Å². The summed E-state index contributed by atoms with van der Waals surface area (Å²) in [4.78, 5) is 0. The maximum Gasteiger partial charge on any atom is 0.163 e. The van der Waals surface area contributed by atoms with E-state index in [1.807, 2.05) is 26.0 Å². The monoisotopic (exact) mass is 224 g/mol. The van der Waals surface area contributed by atoms with Crippen molar-refractivity contribution in [1.82, 2.24) is 5.32 Å². The number of nitrogens with one attached hydrogen (secondary N) is 1. The first kappa shape index (κ1) is 11.8. The zero-order valence-corrected chi connectivity index (χ0v) is 9.86. The number of aryl methyl sites for hydroxylation is 2. The van der Waals surface area contributed by atoms with Gasteiger partial charge in [0.15, 0.2) is 5.11 Å². The van der Waals surface area contributed by atoms with Crippen molar-refractivity contribution >= 4 is 17.3 Å². The minimum atomic E-state index is 0.305. The number of nitrogens with two attached hydrogens (primary N) is 1. The fourth-order valence-corrected chi connectivity index (χ4v) is 1.46. The Kier molecular flexibility index (Phi) is 4.37. The summed E-state index contributed by atoms with van der Waals surface area (Å²) in [6.45, 7) is 5.28. The lowest BCUT2D eigenvalue weighted by atomic mass is 10.1. The predicted octanol–water partition coefficient (Wildman–Crippen LogP) is 1.52. The molecule has 0 atom stereocenters. The molecule has 1 aromatic rings. The number of ether oxygens (including phenoxy) is 1. The number of hydrogen-bond donors (Lipinski definition) is 2. The Balaban J connectivity index is 2.40. The maximum atomic E-state index is 5.54. The van der Waals surface area contributed by atoms with Gasteiger partial charge in [-0.1, -0.05) is 6.07 Å². The van der Waals surface area contributed by atoms with Crippen LogP contribution in [0.25, 0.3) is 0 Å². The highest BCUT2D eigenvalue weighted by Crippen LogP contribution is 2.15. The lowest BCUT2D eigenvalue weighted by molar-refractivity contribution is 0.322. The van der Waals surface area contributed by atoms with Crippen molar-refractivity contribution in [3.8, 4) is 5.75 Å². The van der Waals surface area contributed by atoms with Crippen molar-refractivity contribution in [1.29, 1.82) is 0 Å². The third-order valence-electron chi connectivity index (χ3n) is 1.87. The molecular weight excluding hydrogens is 208 g/mol. The first-order valence-corrected chi connectivity index (χ1v) is 5.23. The SMILES string of the molecule is Cc1cc(C)cc(OCCNC(N)=S)c1. The summed E-state index contributed by atoms with van der Waals surface area (Å²) < 4.78 is 5.54. The molecule has 0 unspecified atom stereocenters. The van der Waals surface area contributed by atoms with Gasteiger partial charge in [0.2, 0.25) is 0 Å². The van der Waals surface area contributed by atoms with Crippen LogP contribution in [0.3, 0.4) is 0 Å². The minimum Gasteiger partial charge on any atom is -0.492 e. The molecule has 0 saturated carbocycles. The van der Waals surface area contributed by atoms with E-state index in [2.05, 4.69) is 23.6 Å². The highest BCUT2D eigenvalue weighted by atomic mass is 32.1. The summed E-state index contributed by atoms with van der Waals surface area (Å²) in [7, 11) is 0. The molecule has 4 heteroatoms. The third kappa shape index (κ3) is 4.65. The van der Waals surface area contributed by atoms with Gasteiger partial charge in [-0.3, -0.25) is 0 Å². The van der Waals surface area contributed by atoms with E-state index < -0.39 is 0 Å². The molecule has 0 spiro atoms. The van der Waals surface area contributed by atoms with Crippen LogP contribution in [0.2, 0.25) is 0 Å². The van der Waals surface area contributed by atoms with Crippen LogP contribution in [0.15, 0.2) is 18.2 Å². The molecule has 82 valence electrons. The summed E-state index contributed by atoms with van der Waals surface area (Å²) in [6, 6.07) is 6.13. The lowest BCUT2D eigenvalue weighted by Gasteiger charge is -2.08. The van der Waals surface area contributed by atoms with Crippen molar-refractivity contribution < 1.29 is 4.74 Å². The van der Waals surface area contributed by atoms with E-state index in [1.54, 1.807) is 0 Å². The van der Waals surface area contributed by atoms with E-state index in [1.165, 1.54) is 11.1 Å². The minimum absolute atomic E-state index is 0.305. The number of hydrogen-bond acceptors (Lipinski definition) is 2. The number of rotatable bonds is 4. The number of thiocarbonyl (C=S) groups is 1. The van der Waals surface area contributed by atoms with Gasteiger partial charge in [-0.05, 0) is 49.3 Å². The summed E-state index contributed by atoms with van der Waals surface area (Å²) in [5.41, 5.74) is 7.69. The van der Waals surface area contributed by atoms with Crippen LogP contribution in [-0.4, -0.2) is 18.3 Å². The normalized spacial score (nSPS) is 9.73. The average molecular weight is 224 g/mol. The quantitative estimate of drug-likeness (QED) is 0.601. The van der Waals surface area contributed by atoms with Crippen LogP contribution in [-0.2, 0) is 0 Å². The second-order valence-corrected chi connectivity index (χ2v) is 3.90. The number of benzene rings is 1. The molecule has 0 heterocycles. The van der Waals surface area contributed by atoms with Crippen molar-refractivity contribution in [2.24, 2.45) is 5.73 Å². The van der Waals surface area contributed by atoms with Gasteiger partial charge in [-0.25, -0.2) is 0 Å². The molecule has 0 aliphatic rings. The van der Waals surface area contributed by atoms with E-state index in [-0.39, 0.29) is 0 Å². The summed E-state index contributed by atoms with van der Waals surface area (Å²) >= 11 is 4.68. The van der Waals surface area contributed by atoms with Gasteiger partial charge in [0.1, 0.15) is 12.4 Å². The zero-order chi connectivity index (χ0) is 11.3. The molecular formula is C11H16N2OS. The molecule has 0 aliphatic heterocycles. The Hall–Kier alpha value is -1.29. The highest BCUT2D eigenvalue weighted by Gasteiger charge is 1.96. The topological polar surface area (TPSA) is 47.3 Å². The molecule has 1 rings (SSSR count). The second-order valence-electron chi connectivity index (χ2n) is 3.46. The van der Waals surface area contributed by atoms with E-state index in [0.29, 0.717) is 18.3 Å². The van der Waals surface area contributed by atoms with Crippen LogP contribution in [0.1, 0.15) is 11.1 Å². The van der Waals surface area contributed by atoms with E-state index in [4.69, 9.17) is 10.5 Å². The molecule has 0 amide bonds. The lowest BCUT2D eigenvalue weighted by Crippen LogP contribution is -2.32. The summed E-state index contributed by atoms with van der Waals surface area (Å²) in [6.07, 6.45) is 0. The summed E-state index contributed by atoms with van der Waals surface area (Å²) in [5, 5.41) is 3.13.